The lowest BCUT2D eigenvalue weighted by Gasteiger charge is -2.71. The third-order valence-electron chi connectivity index (χ3n) is 18.4. The van der Waals surface area contributed by atoms with Crippen molar-refractivity contribution in [3.8, 4) is 0 Å². The monoisotopic (exact) mass is 863 g/mol. The predicted molar refractivity (Wildman–Crippen MR) is 221 cm³/mol. The summed E-state index contributed by atoms with van der Waals surface area (Å²) < 4.78 is 25.2. The number of carbonyl (C=O) groups is 3. The highest BCUT2D eigenvalue weighted by atomic mass is 16.7. The molecular weight excluding hydrogens is 789 g/mol. The first-order valence-electron chi connectivity index (χ1n) is 22.9. The van der Waals surface area contributed by atoms with Gasteiger partial charge in [0.05, 0.1) is 24.7 Å². The predicted octanol–water partition coefficient (Wildman–Crippen LogP) is 3.03. The zero-order valence-corrected chi connectivity index (χ0v) is 37.6. The number of rotatable bonds is 9. The van der Waals surface area contributed by atoms with Crippen molar-refractivity contribution in [3.63, 3.8) is 0 Å². The summed E-state index contributed by atoms with van der Waals surface area (Å²) in [5.41, 5.74) is 0.121. The number of nitrogens with one attached hydrogen (secondary N) is 2. The molecule has 15 heteroatoms. The first-order valence-corrected chi connectivity index (χ1v) is 22.9. The zero-order chi connectivity index (χ0) is 44.8. The molecule has 2 amide bonds. The Balaban J connectivity index is 1.13. The van der Waals surface area contributed by atoms with Crippen molar-refractivity contribution in [3.05, 3.63) is 11.6 Å². The Bertz CT molecular complexity index is 1710. The molecule has 0 unspecified atom stereocenters. The van der Waals surface area contributed by atoms with Gasteiger partial charge in [0.15, 0.2) is 12.6 Å². The number of aliphatic hydroxyl groups is 5. The van der Waals surface area contributed by atoms with Crippen molar-refractivity contribution < 1.29 is 64.0 Å². The van der Waals surface area contributed by atoms with Crippen molar-refractivity contribution >= 4 is 17.8 Å². The summed E-state index contributed by atoms with van der Waals surface area (Å²) in [5, 5.41) is 69.9. The number of carboxylic acids is 1. The van der Waals surface area contributed by atoms with Crippen molar-refractivity contribution in [2.24, 2.45) is 56.7 Å². The minimum Gasteiger partial charge on any atom is -0.481 e. The van der Waals surface area contributed by atoms with Crippen LogP contribution < -0.4 is 10.6 Å². The van der Waals surface area contributed by atoms with Gasteiger partial charge in [-0.15, -0.1) is 0 Å². The molecule has 8 N–H and O–H groups in total. The van der Waals surface area contributed by atoms with Gasteiger partial charge in [-0.05, 0) is 109 Å². The van der Waals surface area contributed by atoms with E-state index in [9.17, 15) is 45.0 Å². The van der Waals surface area contributed by atoms with E-state index in [4.69, 9.17) is 18.9 Å². The van der Waals surface area contributed by atoms with Crippen LogP contribution in [0.5, 0.6) is 0 Å². The van der Waals surface area contributed by atoms with Gasteiger partial charge in [0.2, 0.25) is 11.8 Å². The molecule has 7 aliphatic rings. The summed E-state index contributed by atoms with van der Waals surface area (Å²) in [6.07, 6.45) is -1.37. The Morgan fingerprint density at radius 1 is 0.754 bits per heavy atom. The second-order valence-electron chi connectivity index (χ2n) is 21.6. The summed E-state index contributed by atoms with van der Waals surface area (Å²) in [6, 6.07) is -2.47. The van der Waals surface area contributed by atoms with E-state index in [2.05, 4.69) is 65.2 Å². The molecular formula is C46H74N2O13. The topological polar surface area (TPSA) is 234 Å². The molecule has 2 aliphatic heterocycles. The SMILES string of the molecule is CC(=O)N[C@H]1[C@H](O[C@H]2CC[C@]3(C)[C@H]4CC=C5[C@@H]6[C@@H](C)[C@H](C)CC[C@]6(C(=O)O)CC[C@@]5(C)[C@]4(C)CC[C@H]3C2(C)C)O[C@H](CO)[C@@H](O[C@@H]2O[C@H](CO)[C@@H](O)[C@H](O)[C@H]2NC(C)=O)[C@@H]1O. The van der Waals surface area contributed by atoms with Gasteiger partial charge in [-0.1, -0.05) is 60.1 Å². The smallest absolute Gasteiger partial charge is 0.310 e. The number of hydrogen-bond donors (Lipinski definition) is 8. The highest BCUT2D eigenvalue weighted by Crippen LogP contribution is 2.76. The molecule has 0 aromatic heterocycles. The van der Waals surface area contributed by atoms with Crippen LogP contribution in [-0.2, 0) is 33.3 Å². The number of allylic oxidation sites excluding steroid dienone is 2. The van der Waals surface area contributed by atoms with Crippen LogP contribution in [0, 0.1) is 56.7 Å². The lowest BCUT2D eigenvalue weighted by atomic mass is 9.33. The number of aliphatic carboxylic acids is 1. The molecule has 0 bridgehead atoms. The van der Waals surface area contributed by atoms with E-state index in [0.717, 1.165) is 44.9 Å². The maximum atomic E-state index is 13.2. The maximum Gasteiger partial charge on any atom is 0.310 e. The van der Waals surface area contributed by atoms with Crippen LogP contribution in [-0.4, -0.2) is 129 Å². The van der Waals surface area contributed by atoms with Gasteiger partial charge in [-0.25, -0.2) is 0 Å². The van der Waals surface area contributed by atoms with E-state index in [0.29, 0.717) is 30.6 Å². The summed E-state index contributed by atoms with van der Waals surface area (Å²) in [6.45, 7) is 17.7. The lowest BCUT2D eigenvalue weighted by Crippen LogP contribution is -2.70. The summed E-state index contributed by atoms with van der Waals surface area (Å²) in [7, 11) is 0. The van der Waals surface area contributed by atoms with Gasteiger partial charge >= 0.3 is 5.97 Å². The molecule has 2 heterocycles. The van der Waals surface area contributed by atoms with Crippen LogP contribution >= 0.6 is 0 Å². The Kier molecular flexibility index (Phi) is 12.8. The Hall–Kier alpha value is -2.21. The molecule has 6 fully saturated rings. The number of amides is 2. The van der Waals surface area contributed by atoms with Crippen LogP contribution in [0.3, 0.4) is 0 Å². The normalized spacial score (nSPS) is 50.4. The number of carbonyl (C=O) groups excluding carboxylic acids is 2. The molecule has 0 aromatic rings. The minimum absolute atomic E-state index is 0.0278. The Morgan fingerprint density at radius 3 is 1.97 bits per heavy atom. The van der Waals surface area contributed by atoms with E-state index in [-0.39, 0.29) is 39.6 Å². The molecule has 0 radical (unpaired) electrons. The summed E-state index contributed by atoms with van der Waals surface area (Å²) in [4.78, 5) is 37.9. The fourth-order valence-electron chi connectivity index (χ4n) is 14.7. The van der Waals surface area contributed by atoms with Crippen LogP contribution in [0.1, 0.15) is 120 Å². The third-order valence-corrected chi connectivity index (χ3v) is 18.4. The first-order chi connectivity index (χ1) is 28.5. The minimum atomic E-state index is -1.61. The van der Waals surface area contributed by atoms with Crippen LogP contribution in [0.2, 0.25) is 0 Å². The van der Waals surface area contributed by atoms with E-state index in [1.165, 1.54) is 19.4 Å². The average Bonchev–Trinajstić information content (AvgIpc) is 3.18. The number of carboxylic acid groups (broad SMARTS) is 1. The standard InChI is InChI=1S/C46H74N2O13/c1-22-12-17-46(41(56)57)19-18-44(8)26(32(46)23(22)2)10-11-30-43(7)15-14-31(42(5,6)29(43)13-16-45(30,44)9)60-39-34(48-25(4)52)37(55)38(28(21-50)59-39)61-40-33(47-24(3)51)36(54)35(53)27(20-49)58-40/h10,22-23,27-40,49-50,53-55H,11-21H2,1-9H3,(H,47,51)(H,48,52)(H,56,57)/t22-,23+,27-,28-,29+,30-,31+,32+,33-,34-,35-,36-,37-,38-,39+,40+,43+,44-,45-,46+/m1/s1. The Labute approximate surface area is 360 Å². The molecule has 15 nitrogen and oxygen atoms in total. The van der Waals surface area contributed by atoms with Crippen LogP contribution in [0.25, 0.3) is 0 Å². The highest BCUT2D eigenvalue weighted by molar-refractivity contribution is 5.77. The molecule has 61 heavy (non-hydrogen) atoms. The third kappa shape index (κ3) is 7.32. The van der Waals surface area contributed by atoms with E-state index in [1.807, 2.05) is 0 Å². The van der Waals surface area contributed by atoms with Crippen LogP contribution in [0.4, 0.5) is 0 Å². The molecule has 7 rings (SSSR count). The average molecular weight is 863 g/mol. The van der Waals surface area contributed by atoms with Crippen molar-refractivity contribution in [1.82, 2.24) is 10.6 Å². The molecule has 2 saturated heterocycles. The fraction of sp³-hybridized carbons (Fsp3) is 0.891. The van der Waals surface area contributed by atoms with Gasteiger partial charge in [0, 0.05) is 13.8 Å². The van der Waals surface area contributed by atoms with Gasteiger partial charge in [-0.3, -0.25) is 14.4 Å². The first kappa shape index (κ1) is 46.8. The summed E-state index contributed by atoms with van der Waals surface area (Å²) >= 11 is 0. The number of hydrogen-bond acceptors (Lipinski definition) is 12. The van der Waals surface area contributed by atoms with E-state index >= 15 is 0 Å². The molecule has 20 atom stereocenters. The number of aliphatic hydroxyl groups excluding tert-OH is 5. The van der Waals surface area contributed by atoms with E-state index in [1.54, 1.807) is 0 Å². The van der Waals surface area contributed by atoms with Crippen molar-refractivity contribution in [2.75, 3.05) is 13.2 Å². The second kappa shape index (κ2) is 16.7. The Morgan fingerprint density at radius 2 is 1.36 bits per heavy atom. The number of ether oxygens (including phenoxy) is 4. The molecule has 0 spiro atoms. The number of fused-ring (bicyclic) bond motifs is 7. The molecule has 0 aromatic carbocycles. The lowest BCUT2D eigenvalue weighted by molar-refractivity contribution is -0.343. The fourth-order valence-corrected chi connectivity index (χ4v) is 14.7. The maximum absolute atomic E-state index is 13.2. The van der Waals surface area contributed by atoms with Crippen molar-refractivity contribution in [1.29, 1.82) is 0 Å². The van der Waals surface area contributed by atoms with Crippen molar-refractivity contribution in [2.45, 2.75) is 187 Å². The van der Waals surface area contributed by atoms with Gasteiger partial charge in [-0.2, -0.15) is 0 Å². The summed E-state index contributed by atoms with van der Waals surface area (Å²) in [5.74, 6) is -0.231. The van der Waals surface area contributed by atoms with Gasteiger partial charge < -0.3 is 60.2 Å². The quantitative estimate of drug-likeness (QED) is 0.123. The largest absolute Gasteiger partial charge is 0.481 e. The molecule has 346 valence electrons. The molecule has 5 aliphatic carbocycles. The van der Waals surface area contributed by atoms with Gasteiger partial charge in [0.1, 0.15) is 48.7 Å². The second-order valence-corrected chi connectivity index (χ2v) is 21.6. The molecule has 4 saturated carbocycles. The highest BCUT2D eigenvalue weighted by Gasteiger charge is 2.70. The zero-order valence-electron chi connectivity index (χ0n) is 37.6. The van der Waals surface area contributed by atoms with Crippen LogP contribution in [0.15, 0.2) is 11.6 Å². The van der Waals surface area contributed by atoms with Gasteiger partial charge in [0.25, 0.3) is 0 Å². The van der Waals surface area contributed by atoms with E-state index < -0.39 is 97.7 Å².